The lowest BCUT2D eigenvalue weighted by molar-refractivity contribution is -0.0161. The molecule has 86 valence electrons. The Kier molecular flexibility index (Phi) is 3.84. The third kappa shape index (κ3) is 3.62. The van der Waals surface area contributed by atoms with Crippen molar-refractivity contribution in [2.75, 3.05) is 6.61 Å². The fourth-order valence-electron chi connectivity index (χ4n) is 1.24. The van der Waals surface area contributed by atoms with E-state index in [9.17, 15) is 0 Å². The van der Waals surface area contributed by atoms with Gasteiger partial charge in [-0.2, -0.15) is 0 Å². The number of nitrogens with zero attached hydrogens (tertiary/aromatic N) is 2. The molecule has 0 bridgehead atoms. The Labute approximate surface area is 90.6 Å². The highest BCUT2D eigenvalue weighted by Crippen LogP contribution is 2.14. The Morgan fingerprint density at radius 2 is 2.27 bits per heavy atom. The first-order chi connectivity index (χ1) is 6.94. The maximum atomic E-state index is 5.67. The molecule has 0 aliphatic heterocycles. The number of aromatic nitrogens is 2. The van der Waals surface area contributed by atoms with Crippen molar-refractivity contribution in [3.05, 3.63) is 18.2 Å². The molecule has 0 saturated carbocycles. The van der Waals surface area contributed by atoms with Crippen molar-refractivity contribution in [2.24, 2.45) is 12.9 Å². The summed E-state index contributed by atoms with van der Waals surface area (Å²) >= 11 is 0. The largest absolute Gasteiger partial charge is 0.374 e. The van der Waals surface area contributed by atoms with Crippen LogP contribution in [0, 0.1) is 0 Å². The fraction of sp³-hybridized carbons (Fsp3) is 0.700. The highest BCUT2D eigenvalue weighted by atomic mass is 16.5. The maximum Gasteiger partial charge on any atom is 0.129 e. The van der Waals surface area contributed by atoms with E-state index in [4.69, 9.17) is 10.6 Å². The smallest absolute Gasteiger partial charge is 0.129 e. The molecule has 1 heterocycles. The Bertz CT molecular complexity index is 303. The zero-order chi connectivity index (χ0) is 11.5. The van der Waals surface area contributed by atoms with Gasteiger partial charge in [0.15, 0.2) is 0 Å². The number of nitrogens with one attached hydrogen (secondary N) is 1. The van der Waals surface area contributed by atoms with Gasteiger partial charge in [0.05, 0.1) is 12.2 Å². The number of hydrogen-bond acceptors (Lipinski definition) is 4. The number of hydrogen-bond donors (Lipinski definition) is 2. The van der Waals surface area contributed by atoms with Crippen molar-refractivity contribution in [3.8, 4) is 0 Å². The highest BCUT2D eigenvalue weighted by Gasteiger charge is 2.18. The molecule has 15 heavy (non-hydrogen) atoms. The Morgan fingerprint density at radius 3 is 2.67 bits per heavy atom. The first-order valence-electron chi connectivity index (χ1n) is 5.01. The standard InChI is InChI=1S/C10H20N4O/c1-10(2,3)15-7-8(13-11)9-12-5-6-14(9)4/h5-6,8,13H,7,11H2,1-4H3. The van der Waals surface area contributed by atoms with E-state index in [1.54, 1.807) is 6.20 Å². The van der Waals surface area contributed by atoms with Gasteiger partial charge in [0.1, 0.15) is 11.9 Å². The number of ether oxygens (including phenoxy) is 1. The molecule has 0 aromatic carbocycles. The van der Waals surface area contributed by atoms with E-state index >= 15 is 0 Å². The second kappa shape index (κ2) is 4.74. The molecular weight excluding hydrogens is 192 g/mol. The first-order valence-corrected chi connectivity index (χ1v) is 5.01. The quantitative estimate of drug-likeness (QED) is 0.570. The third-order valence-electron chi connectivity index (χ3n) is 2.05. The van der Waals surface area contributed by atoms with Gasteiger partial charge in [-0.1, -0.05) is 0 Å². The molecule has 0 fully saturated rings. The molecular formula is C10H20N4O. The van der Waals surface area contributed by atoms with Crippen LogP contribution >= 0.6 is 0 Å². The van der Waals surface area contributed by atoms with E-state index in [1.807, 2.05) is 38.6 Å². The van der Waals surface area contributed by atoms with Gasteiger partial charge in [0.25, 0.3) is 0 Å². The lowest BCUT2D eigenvalue weighted by Crippen LogP contribution is -2.35. The van der Waals surface area contributed by atoms with Gasteiger partial charge in [-0.3, -0.25) is 5.84 Å². The van der Waals surface area contributed by atoms with E-state index in [-0.39, 0.29) is 11.6 Å². The number of rotatable bonds is 4. The molecule has 0 spiro atoms. The van der Waals surface area contributed by atoms with Gasteiger partial charge >= 0.3 is 0 Å². The SMILES string of the molecule is Cn1ccnc1C(COC(C)(C)C)NN. The Hall–Kier alpha value is -0.910. The van der Waals surface area contributed by atoms with Gasteiger partial charge in [0, 0.05) is 19.4 Å². The summed E-state index contributed by atoms with van der Waals surface area (Å²) in [6, 6.07) is -0.0794. The molecule has 0 aliphatic carbocycles. The number of aryl methyl sites for hydroxylation is 1. The van der Waals surface area contributed by atoms with Crippen LogP contribution in [-0.2, 0) is 11.8 Å². The molecule has 0 saturated heterocycles. The van der Waals surface area contributed by atoms with E-state index in [0.29, 0.717) is 6.61 Å². The molecule has 1 unspecified atom stereocenters. The molecule has 1 aromatic heterocycles. The first kappa shape index (κ1) is 12.2. The van der Waals surface area contributed by atoms with E-state index < -0.39 is 0 Å². The summed E-state index contributed by atoms with van der Waals surface area (Å²) in [5.74, 6) is 6.36. The third-order valence-corrected chi connectivity index (χ3v) is 2.05. The van der Waals surface area contributed by atoms with E-state index in [1.165, 1.54) is 0 Å². The van der Waals surface area contributed by atoms with Crippen molar-refractivity contribution in [3.63, 3.8) is 0 Å². The summed E-state index contributed by atoms with van der Waals surface area (Å²) < 4.78 is 7.59. The average Bonchev–Trinajstić information content (AvgIpc) is 2.52. The van der Waals surface area contributed by atoms with Crippen LogP contribution in [0.5, 0.6) is 0 Å². The molecule has 1 rings (SSSR count). The van der Waals surface area contributed by atoms with E-state index in [2.05, 4.69) is 10.4 Å². The lowest BCUT2D eigenvalue weighted by atomic mass is 10.2. The lowest BCUT2D eigenvalue weighted by Gasteiger charge is -2.23. The molecule has 0 radical (unpaired) electrons. The van der Waals surface area contributed by atoms with Gasteiger partial charge in [-0.05, 0) is 20.8 Å². The van der Waals surface area contributed by atoms with Gasteiger partial charge in [-0.25, -0.2) is 10.4 Å². The molecule has 0 amide bonds. The van der Waals surface area contributed by atoms with Crippen molar-refractivity contribution in [1.82, 2.24) is 15.0 Å². The van der Waals surface area contributed by atoms with Crippen LogP contribution in [-0.4, -0.2) is 21.8 Å². The monoisotopic (exact) mass is 212 g/mol. The molecule has 3 N–H and O–H groups in total. The summed E-state index contributed by atoms with van der Waals surface area (Å²) in [6.45, 7) is 6.54. The van der Waals surface area contributed by atoms with Crippen molar-refractivity contribution < 1.29 is 4.74 Å². The van der Waals surface area contributed by atoms with Crippen molar-refractivity contribution in [2.45, 2.75) is 32.4 Å². The number of nitrogens with two attached hydrogens (primary N) is 1. The van der Waals surface area contributed by atoms with Crippen LogP contribution < -0.4 is 11.3 Å². The minimum absolute atomic E-state index is 0.0794. The van der Waals surface area contributed by atoms with Crippen LogP contribution in [0.15, 0.2) is 12.4 Å². The molecule has 0 aliphatic rings. The molecule has 1 aromatic rings. The zero-order valence-corrected chi connectivity index (χ0v) is 9.82. The van der Waals surface area contributed by atoms with Crippen LogP contribution in [0.1, 0.15) is 32.6 Å². The predicted octanol–water partition coefficient (Wildman–Crippen LogP) is 0.740. The second-order valence-corrected chi connectivity index (χ2v) is 4.54. The average molecular weight is 212 g/mol. The minimum atomic E-state index is -0.166. The molecule has 5 heteroatoms. The minimum Gasteiger partial charge on any atom is -0.374 e. The van der Waals surface area contributed by atoms with Gasteiger partial charge < -0.3 is 9.30 Å². The Morgan fingerprint density at radius 1 is 1.60 bits per heavy atom. The molecule has 5 nitrogen and oxygen atoms in total. The fourth-order valence-corrected chi connectivity index (χ4v) is 1.24. The summed E-state index contributed by atoms with van der Waals surface area (Å²) in [7, 11) is 1.93. The maximum absolute atomic E-state index is 5.67. The summed E-state index contributed by atoms with van der Waals surface area (Å²) in [5, 5.41) is 0. The summed E-state index contributed by atoms with van der Waals surface area (Å²) in [5.41, 5.74) is 2.54. The Balaban J connectivity index is 2.61. The van der Waals surface area contributed by atoms with Crippen LogP contribution in [0.3, 0.4) is 0 Å². The van der Waals surface area contributed by atoms with Crippen LogP contribution in [0.2, 0.25) is 0 Å². The normalized spacial score (nSPS) is 14.2. The van der Waals surface area contributed by atoms with Crippen molar-refractivity contribution in [1.29, 1.82) is 0 Å². The second-order valence-electron chi connectivity index (χ2n) is 4.54. The van der Waals surface area contributed by atoms with E-state index in [0.717, 1.165) is 5.82 Å². The van der Waals surface area contributed by atoms with Gasteiger partial charge in [0.2, 0.25) is 0 Å². The topological polar surface area (TPSA) is 65.1 Å². The summed E-state index contributed by atoms with van der Waals surface area (Å²) in [4.78, 5) is 4.23. The van der Waals surface area contributed by atoms with Crippen molar-refractivity contribution >= 4 is 0 Å². The summed E-state index contributed by atoms with van der Waals surface area (Å²) in [6.07, 6.45) is 3.63. The predicted molar refractivity (Wildman–Crippen MR) is 59.0 cm³/mol. The van der Waals surface area contributed by atoms with Crippen LogP contribution in [0.4, 0.5) is 0 Å². The highest BCUT2D eigenvalue weighted by molar-refractivity contribution is 4.98. The molecule has 1 atom stereocenters. The zero-order valence-electron chi connectivity index (χ0n) is 9.82. The number of imidazole rings is 1. The van der Waals surface area contributed by atoms with Crippen LogP contribution in [0.25, 0.3) is 0 Å². The van der Waals surface area contributed by atoms with Gasteiger partial charge in [-0.15, -0.1) is 0 Å². The number of hydrazine groups is 1.